The number of aromatic amines is 1. The largest absolute Gasteiger partial charge is 0.317 e. The van der Waals surface area contributed by atoms with Gasteiger partial charge in [0.2, 0.25) is 0 Å². The predicted octanol–water partition coefficient (Wildman–Crippen LogP) is 3.03. The molecule has 0 saturated carbocycles. The van der Waals surface area contributed by atoms with Crippen molar-refractivity contribution >= 4 is 11.6 Å². The van der Waals surface area contributed by atoms with Crippen LogP contribution in [0.25, 0.3) is 11.3 Å². The quantitative estimate of drug-likeness (QED) is 0.773. The Bertz CT molecular complexity index is 750. The summed E-state index contributed by atoms with van der Waals surface area (Å²) in [5.41, 5.74) is 3.52. The second-order valence-electron chi connectivity index (χ2n) is 4.61. The van der Waals surface area contributed by atoms with E-state index >= 15 is 0 Å². The van der Waals surface area contributed by atoms with Gasteiger partial charge in [-0.3, -0.25) is 14.9 Å². The number of nitrogens with zero attached hydrogens (tertiary/aromatic N) is 2. The molecule has 104 valence electrons. The van der Waals surface area contributed by atoms with Crippen molar-refractivity contribution in [1.29, 1.82) is 0 Å². The zero-order valence-corrected chi connectivity index (χ0v) is 11.5. The van der Waals surface area contributed by atoms with Gasteiger partial charge >= 0.3 is 0 Å². The smallest absolute Gasteiger partial charge is 0.274 e. The van der Waals surface area contributed by atoms with Gasteiger partial charge < -0.3 is 5.32 Å². The fourth-order valence-corrected chi connectivity index (χ4v) is 2.06. The van der Waals surface area contributed by atoms with E-state index in [9.17, 15) is 4.79 Å². The van der Waals surface area contributed by atoms with Crippen molar-refractivity contribution in [3.63, 3.8) is 0 Å². The zero-order chi connectivity index (χ0) is 14.7. The van der Waals surface area contributed by atoms with Gasteiger partial charge in [-0.2, -0.15) is 5.10 Å². The van der Waals surface area contributed by atoms with Crippen LogP contribution in [-0.2, 0) is 0 Å². The highest BCUT2D eigenvalue weighted by molar-refractivity contribution is 6.05. The van der Waals surface area contributed by atoms with Gasteiger partial charge in [-0.25, -0.2) is 0 Å². The summed E-state index contributed by atoms with van der Waals surface area (Å²) in [5, 5.41) is 10.1. The molecule has 1 amide bonds. The first-order valence-electron chi connectivity index (χ1n) is 6.58. The van der Waals surface area contributed by atoms with Crippen LogP contribution in [0.15, 0.2) is 54.7 Å². The second-order valence-corrected chi connectivity index (χ2v) is 4.61. The molecule has 2 heterocycles. The van der Waals surface area contributed by atoms with Crippen LogP contribution in [0.1, 0.15) is 16.2 Å². The second kappa shape index (κ2) is 5.58. The Labute approximate surface area is 122 Å². The number of benzene rings is 1. The maximum atomic E-state index is 12.2. The van der Waals surface area contributed by atoms with Crippen molar-refractivity contribution in [1.82, 2.24) is 15.2 Å². The van der Waals surface area contributed by atoms with Crippen molar-refractivity contribution in [2.24, 2.45) is 0 Å². The Morgan fingerprint density at radius 1 is 1.10 bits per heavy atom. The standard InChI is InChI=1S/C16H14N4O/c1-11-14(18-16(21)13-9-5-6-10-17-13)15(20-19-11)12-7-3-2-4-8-12/h2-10H,1H3,(H,18,21)(H,19,20). The van der Waals surface area contributed by atoms with E-state index in [2.05, 4.69) is 20.5 Å². The summed E-state index contributed by atoms with van der Waals surface area (Å²) in [6, 6.07) is 14.9. The van der Waals surface area contributed by atoms with E-state index in [-0.39, 0.29) is 5.91 Å². The summed E-state index contributed by atoms with van der Waals surface area (Å²) in [4.78, 5) is 16.3. The van der Waals surface area contributed by atoms with Crippen LogP contribution in [0.3, 0.4) is 0 Å². The van der Waals surface area contributed by atoms with Crippen molar-refractivity contribution in [3.8, 4) is 11.3 Å². The fourth-order valence-electron chi connectivity index (χ4n) is 2.06. The molecular formula is C16H14N4O. The number of anilines is 1. The van der Waals surface area contributed by atoms with E-state index in [1.165, 1.54) is 0 Å². The molecule has 2 aromatic heterocycles. The first-order chi connectivity index (χ1) is 10.3. The number of hydrogen-bond donors (Lipinski definition) is 2. The van der Waals surface area contributed by atoms with Crippen molar-refractivity contribution < 1.29 is 4.79 Å². The lowest BCUT2D eigenvalue weighted by molar-refractivity contribution is 0.102. The summed E-state index contributed by atoms with van der Waals surface area (Å²) in [6.45, 7) is 1.87. The normalized spacial score (nSPS) is 10.3. The van der Waals surface area contributed by atoms with E-state index < -0.39 is 0 Å². The van der Waals surface area contributed by atoms with E-state index in [1.807, 2.05) is 37.3 Å². The van der Waals surface area contributed by atoms with E-state index in [0.29, 0.717) is 11.4 Å². The minimum Gasteiger partial charge on any atom is -0.317 e. The van der Waals surface area contributed by atoms with Gasteiger partial charge in [0.15, 0.2) is 0 Å². The molecule has 0 unspecified atom stereocenters. The van der Waals surface area contributed by atoms with Gasteiger partial charge in [-0.1, -0.05) is 36.4 Å². The van der Waals surface area contributed by atoms with Crippen LogP contribution in [0.5, 0.6) is 0 Å². The fraction of sp³-hybridized carbons (Fsp3) is 0.0625. The number of H-pyrrole nitrogens is 1. The molecule has 0 aliphatic heterocycles. The number of carbonyl (C=O) groups is 1. The molecule has 3 aromatic rings. The molecule has 0 fully saturated rings. The van der Waals surface area contributed by atoms with Gasteiger partial charge in [0, 0.05) is 11.8 Å². The van der Waals surface area contributed by atoms with Crippen molar-refractivity contribution in [2.75, 3.05) is 5.32 Å². The molecule has 0 aliphatic rings. The molecule has 5 nitrogen and oxygen atoms in total. The predicted molar refractivity (Wildman–Crippen MR) is 81.0 cm³/mol. The third-order valence-corrected chi connectivity index (χ3v) is 3.13. The SMILES string of the molecule is Cc1[nH]nc(-c2ccccc2)c1NC(=O)c1ccccn1. The Hall–Kier alpha value is -2.95. The van der Waals surface area contributed by atoms with Gasteiger partial charge in [-0.15, -0.1) is 0 Å². The number of rotatable bonds is 3. The summed E-state index contributed by atoms with van der Waals surface area (Å²) in [6.07, 6.45) is 1.59. The number of carbonyl (C=O) groups excluding carboxylic acids is 1. The molecule has 0 saturated heterocycles. The van der Waals surface area contributed by atoms with Gasteiger partial charge in [-0.05, 0) is 19.1 Å². The van der Waals surface area contributed by atoms with E-state index in [0.717, 1.165) is 17.0 Å². The van der Waals surface area contributed by atoms with E-state index in [1.54, 1.807) is 24.4 Å². The zero-order valence-electron chi connectivity index (χ0n) is 11.5. The van der Waals surface area contributed by atoms with Gasteiger partial charge in [0.25, 0.3) is 5.91 Å². The Balaban J connectivity index is 1.93. The maximum Gasteiger partial charge on any atom is 0.274 e. The molecule has 0 aliphatic carbocycles. The Morgan fingerprint density at radius 3 is 2.57 bits per heavy atom. The topological polar surface area (TPSA) is 70.7 Å². The molecule has 1 aromatic carbocycles. The van der Waals surface area contributed by atoms with Crippen LogP contribution in [-0.4, -0.2) is 21.1 Å². The number of aryl methyl sites for hydroxylation is 1. The molecule has 2 N–H and O–H groups in total. The molecule has 0 bridgehead atoms. The molecule has 0 radical (unpaired) electrons. The lowest BCUT2D eigenvalue weighted by Crippen LogP contribution is -2.14. The molecule has 21 heavy (non-hydrogen) atoms. The van der Waals surface area contributed by atoms with Crippen LogP contribution in [0.4, 0.5) is 5.69 Å². The summed E-state index contributed by atoms with van der Waals surface area (Å²) in [7, 11) is 0. The molecule has 0 atom stereocenters. The number of hydrogen-bond acceptors (Lipinski definition) is 3. The average molecular weight is 278 g/mol. The summed E-state index contributed by atoms with van der Waals surface area (Å²) >= 11 is 0. The minimum absolute atomic E-state index is 0.253. The highest BCUT2D eigenvalue weighted by atomic mass is 16.1. The van der Waals surface area contributed by atoms with Crippen LogP contribution in [0, 0.1) is 6.92 Å². The highest BCUT2D eigenvalue weighted by Gasteiger charge is 2.16. The molecule has 3 rings (SSSR count). The third-order valence-electron chi connectivity index (χ3n) is 3.13. The lowest BCUT2D eigenvalue weighted by Gasteiger charge is -2.06. The summed E-state index contributed by atoms with van der Waals surface area (Å²) in [5.74, 6) is -0.253. The van der Waals surface area contributed by atoms with Gasteiger partial charge in [0.05, 0.1) is 11.4 Å². The van der Waals surface area contributed by atoms with Crippen LogP contribution in [0.2, 0.25) is 0 Å². The van der Waals surface area contributed by atoms with Crippen molar-refractivity contribution in [3.05, 3.63) is 66.1 Å². The third kappa shape index (κ3) is 2.67. The van der Waals surface area contributed by atoms with Crippen LogP contribution >= 0.6 is 0 Å². The highest BCUT2D eigenvalue weighted by Crippen LogP contribution is 2.28. The monoisotopic (exact) mass is 278 g/mol. The first kappa shape index (κ1) is 13.1. The van der Waals surface area contributed by atoms with E-state index in [4.69, 9.17) is 0 Å². The number of nitrogens with one attached hydrogen (secondary N) is 2. The maximum absolute atomic E-state index is 12.2. The molecular weight excluding hydrogens is 264 g/mol. The lowest BCUT2D eigenvalue weighted by atomic mass is 10.1. The Morgan fingerprint density at radius 2 is 1.86 bits per heavy atom. The van der Waals surface area contributed by atoms with Gasteiger partial charge in [0.1, 0.15) is 11.4 Å². The molecule has 0 spiro atoms. The first-order valence-corrected chi connectivity index (χ1v) is 6.58. The molecule has 5 heteroatoms. The summed E-state index contributed by atoms with van der Waals surface area (Å²) < 4.78 is 0. The number of aromatic nitrogens is 3. The minimum atomic E-state index is -0.253. The van der Waals surface area contributed by atoms with Crippen LogP contribution < -0.4 is 5.32 Å². The average Bonchev–Trinajstić information content (AvgIpc) is 2.90. The number of pyridine rings is 1. The van der Waals surface area contributed by atoms with Crippen molar-refractivity contribution in [2.45, 2.75) is 6.92 Å². The Kier molecular flexibility index (Phi) is 3.47. The number of amides is 1.